The third kappa shape index (κ3) is 4.37. The second-order valence-corrected chi connectivity index (χ2v) is 6.40. The quantitative estimate of drug-likeness (QED) is 0.903. The van der Waals surface area contributed by atoms with Gasteiger partial charge >= 0.3 is 0 Å². The maximum atomic E-state index is 12.2. The number of anilines is 1. The van der Waals surface area contributed by atoms with E-state index in [1.54, 1.807) is 23.9 Å². The molecule has 0 aromatic heterocycles. The number of nitrogens with one attached hydrogen (secondary N) is 1. The van der Waals surface area contributed by atoms with Crippen molar-refractivity contribution in [1.82, 2.24) is 0 Å². The fraction of sp³-hybridized carbons (Fsp3) is 0.222. The molecule has 0 fully saturated rings. The van der Waals surface area contributed by atoms with E-state index in [0.717, 1.165) is 22.6 Å². The van der Waals surface area contributed by atoms with Crippen LogP contribution in [-0.2, 0) is 10.5 Å². The van der Waals surface area contributed by atoms with Gasteiger partial charge in [-0.15, -0.1) is 11.8 Å². The number of nitriles is 1. The zero-order valence-electron chi connectivity index (χ0n) is 12.7. The lowest BCUT2D eigenvalue weighted by Gasteiger charge is -2.13. The molecule has 0 spiro atoms. The Morgan fingerprint density at radius 3 is 2.55 bits per heavy atom. The summed E-state index contributed by atoms with van der Waals surface area (Å²) >= 11 is 1.58. The molecule has 0 heterocycles. The highest BCUT2D eigenvalue weighted by atomic mass is 32.2. The van der Waals surface area contributed by atoms with Gasteiger partial charge in [-0.1, -0.05) is 30.3 Å². The minimum Gasteiger partial charge on any atom is -0.325 e. The van der Waals surface area contributed by atoms with Gasteiger partial charge in [-0.25, -0.2) is 0 Å². The first-order valence-corrected chi connectivity index (χ1v) is 8.12. The van der Waals surface area contributed by atoms with E-state index in [1.165, 1.54) is 0 Å². The Labute approximate surface area is 135 Å². The summed E-state index contributed by atoms with van der Waals surface area (Å²) in [5.41, 5.74) is 3.68. The molecule has 4 heteroatoms. The van der Waals surface area contributed by atoms with Crippen LogP contribution < -0.4 is 5.32 Å². The van der Waals surface area contributed by atoms with Crippen LogP contribution in [-0.4, -0.2) is 11.2 Å². The Morgan fingerprint density at radius 1 is 1.23 bits per heavy atom. The fourth-order valence-corrected chi connectivity index (χ4v) is 2.77. The molecule has 3 nitrogen and oxygen atoms in total. The lowest BCUT2D eigenvalue weighted by molar-refractivity contribution is -0.115. The fourth-order valence-electron chi connectivity index (χ4n) is 1.92. The smallest absolute Gasteiger partial charge is 0.237 e. The van der Waals surface area contributed by atoms with Gasteiger partial charge in [0.15, 0.2) is 0 Å². The second-order valence-electron chi connectivity index (χ2n) is 5.07. The molecule has 2 rings (SSSR count). The number of para-hydroxylation sites is 1. The SMILES string of the molecule is Cc1ccccc1NC(=O)C(C)SCc1ccc(C#N)cc1. The van der Waals surface area contributed by atoms with Crippen LogP contribution in [0.4, 0.5) is 5.69 Å². The van der Waals surface area contributed by atoms with Gasteiger partial charge in [0.25, 0.3) is 0 Å². The third-order valence-electron chi connectivity index (χ3n) is 3.36. The van der Waals surface area contributed by atoms with Crippen molar-refractivity contribution in [3.05, 3.63) is 65.2 Å². The highest BCUT2D eigenvalue weighted by Gasteiger charge is 2.14. The van der Waals surface area contributed by atoms with Crippen molar-refractivity contribution in [2.45, 2.75) is 24.9 Å². The summed E-state index contributed by atoms with van der Waals surface area (Å²) in [7, 11) is 0. The molecule has 0 aliphatic heterocycles. The highest BCUT2D eigenvalue weighted by Crippen LogP contribution is 2.20. The first-order valence-electron chi connectivity index (χ1n) is 7.07. The summed E-state index contributed by atoms with van der Waals surface area (Å²) < 4.78 is 0. The van der Waals surface area contributed by atoms with Crippen LogP contribution in [0.5, 0.6) is 0 Å². The van der Waals surface area contributed by atoms with Crippen LogP contribution in [0.2, 0.25) is 0 Å². The number of aryl methyl sites for hydroxylation is 1. The van der Waals surface area contributed by atoms with Crippen LogP contribution in [0, 0.1) is 18.3 Å². The van der Waals surface area contributed by atoms with E-state index >= 15 is 0 Å². The van der Waals surface area contributed by atoms with E-state index in [1.807, 2.05) is 50.2 Å². The normalized spacial score (nSPS) is 11.5. The van der Waals surface area contributed by atoms with E-state index in [0.29, 0.717) is 5.56 Å². The summed E-state index contributed by atoms with van der Waals surface area (Å²) in [6.45, 7) is 3.88. The molecule has 2 aromatic rings. The minimum atomic E-state index is -0.143. The number of nitrogens with zero attached hydrogens (tertiary/aromatic N) is 1. The number of hydrogen-bond acceptors (Lipinski definition) is 3. The number of hydrogen-bond donors (Lipinski definition) is 1. The zero-order valence-corrected chi connectivity index (χ0v) is 13.5. The molecular weight excluding hydrogens is 292 g/mol. The maximum absolute atomic E-state index is 12.2. The Bertz CT molecular complexity index is 689. The van der Waals surface area contributed by atoms with Gasteiger partial charge in [0.05, 0.1) is 16.9 Å². The van der Waals surface area contributed by atoms with E-state index in [-0.39, 0.29) is 11.2 Å². The second kappa shape index (κ2) is 7.67. The van der Waals surface area contributed by atoms with E-state index in [2.05, 4.69) is 11.4 Å². The minimum absolute atomic E-state index is 0.00736. The van der Waals surface area contributed by atoms with Crippen LogP contribution >= 0.6 is 11.8 Å². The lowest BCUT2D eigenvalue weighted by Crippen LogP contribution is -2.23. The van der Waals surface area contributed by atoms with E-state index in [4.69, 9.17) is 5.26 Å². The summed E-state index contributed by atoms with van der Waals surface area (Å²) in [4.78, 5) is 12.2. The average molecular weight is 310 g/mol. The first kappa shape index (κ1) is 16.1. The summed E-state index contributed by atoms with van der Waals surface area (Å²) in [6, 6.07) is 17.3. The topological polar surface area (TPSA) is 52.9 Å². The van der Waals surface area contributed by atoms with Gasteiger partial charge in [0.2, 0.25) is 5.91 Å². The third-order valence-corrected chi connectivity index (χ3v) is 4.57. The number of carbonyl (C=O) groups excluding carboxylic acids is 1. The molecule has 22 heavy (non-hydrogen) atoms. The lowest BCUT2D eigenvalue weighted by atomic mass is 10.2. The van der Waals surface area contributed by atoms with Crippen molar-refractivity contribution < 1.29 is 4.79 Å². The molecule has 1 N–H and O–H groups in total. The molecule has 0 radical (unpaired) electrons. The Kier molecular flexibility index (Phi) is 5.62. The Morgan fingerprint density at radius 2 is 1.91 bits per heavy atom. The molecule has 1 atom stereocenters. The van der Waals surface area contributed by atoms with Crippen molar-refractivity contribution in [3.8, 4) is 6.07 Å². The van der Waals surface area contributed by atoms with Crippen LogP contribution in [0.15, 0.2) is 48.5 Å². The molecule has 0 saturated heterocycles. The summed E-state index contributed by atoms with van der Waals surface area (Å²) in [5, 5.41) is 11.6. The van der Waals surface area contributed by atoms with Gasteiger partial charge < -0.3 is 5.32 Å². The number of rotatable bonds is 5. The van der Waals surface area contributed by atoms with Crippen LogP contribution in [0.1, 0.15) is 23.6 Å². The summed E-state index contributed by atoms with van der Waals surface area (Å²) in [6.07, 6.45) is 0. The largest absolute Gasteiger partial charge is 0.325 e. The number of benzene rings is 2. The number of amides is 1. The molecule has 1 unspecified atom stereocenters. The van der Waals surface area contributed by atoms with Gasteiger partial charge in [-0.3, -0.25) is 4.79 Å². The van der Waals surface area contributed by atoms with Crippen molar-refractivity contribution >= 4 is 23.4 Å². The van der Waals surface area contributed by atoms with E-state index in [9.17, 15) is 4.79 Å². The number of thioether (sulfide) groups is 1. The van der Waals surface area contributed by atoms with Gasteiger partial charge in [-0.2, -0.15) is 5.26 Å². The van der Waals surface area contributed by atoms with Crippen molar-refractivity contribution in [1.29, 1.82) is 5.26 Å². The van der Waals surface area contributed by atoms with Crippen LogP contribution in [0.3, 0.4) is 0 Å². The van der Waals surface area contributed by atoms with Crippen molar-refractivity contribution in [2.24, 2.45) is 0 Å². The summed E-state index contributed by atoms with van der Waals surface area (Å²) in [5.74, 6) is 0.751. The predicted octanol–water partition coefficient (Wildman–Crippen LogP) is 4.13. The molecule has 1 amide bonds. The molecule has 0 saturated carbocycles. The van der Waals surface area contributed by atoms with E-state index < -0.39 is 0 Å². The van der Waals surface area contributed by atoms with Gasteiger partial charge in [-0.05, 0) is 43.2 Å². The highest BCUT2D eigenvalue weighted by molar-refractivity contribution is 7.99. The predicted molar refractivity (Wildman–Crippen MR) is 91.7 cm³/mol. The first-order chi connectivity index (χ1) is 10.6. The molecule has 0 bridgehead atoms. The molecule has 0 aliphatic carbocycles. The molecule has 2 aromatic carbocycles. The van der Waals surface area contributed by atoms with Gasteiger partial charge in [0.1, 0.15) is 0 Å². The molecule has 112 valence electrons. The van der Waals surface area contributed by atoms with Crippen LogP contribution in [0.25, 0.3) is 0 Å². The zero-order chi connectivity index (χ0) is 15.9. The molecule has 0 aliphatic rings. The van der Waals surface area contributed by atoms with Gasteiger partial charge in [0, 0.05) is 11.4 Å². The Hall–Kier alpha value is -2.25. The Balaban J connectivity index is 1.88. The maximum Gasteiger partial charge on any atom is 0.237 e. The average Bonchev–Trinajstić information content (AvgIpc) is 2.55. The monoisotopic (exact) mass is 310 g/mol. The van der Waals surface area contributed by atoms with Crippen molar-refractivity contribution in [2.75, 3.05) is 5.32 Å². The van der Waals surface area contributed by atoms with Crippen molar-refractivity contribution in [3.63, 3.8) is 0 Å². The number of carbonyl (C=O) groups is 1. The standard InChI is InChI=1S/C18H18N2OS/c1-13-5-3-4-6-17(13)20-18(21)14(2)22-12-16-9-7-15(11-19)8-10-16/h3-10,14H,12H2,1-2H3,(H,20,21). The molecular formula is C18H18N2OS.